The largest absolute Gasteiger partial charge is 0.348 e. The summed E-state index contributed by atoms with van der Waals surface area (Å²) in [5.41, 5.74) is 0.770. The van der Waals surface area contributed by atoms with E-state index < -0.39 is 17.4 Å². The SMILES string of the molecule is Fc1cc(F)cc(C23CCC4(CC2C3)OCCO4)c1. The second-order valence-electron chi connectivity index (χ2n) is 6.03. The van der Waals surface area contributed by atoms with Crippen LogP contribution in [0.25, 0.3) is 0 Å². The molecule has 19 heavy (non-hydrogen) atoms. The lowest BCUT2D eigenvalue weighted by Gasteiger charge is -2.35. The van der Waals surface area contributed by atoms with E-state index in [1.165, 1.54) is 12.1 Å². The van der Waals surface area contributed by atoms with Crippen LogP contribution in [0.15, 0.2) is 18.2 Å². The van der Waals surface area contributed by atoms with Gasteiger partial charge in [-0.15, -0.1) is 0 Å². The molecular formula is C15H16F2O2. The van der Waals surface area contributed by atoms with Gasteiger partial charge in [0.05, 0.1) is 13.2 Å². The van der Waals surface area contributed by atoms with Crippen molar-refractivity contribution in [3.8, 4) is 0 Å². The van der Waals surface area contributed by atoms with E-state index in [9.17, 15) is 8.78 Å². The number of benzene rings is 1. The number of hydrogen-bond acceptors (Lipinski definition) is 2. The van der Waals surface area contributed by atoms with Crippen LogP contribution in [-0.2, 0) is 14.9 Å². The van der Waals surface area contributed by atoms with Crippen LogP contribution < -0.4 is 0 Å². The Morgan fingerprint density at radius 3 is 2.26 bits per heavy atom. The molecule has 2 saturated carbocycles. The lowest BCUT2D eigenvalue weighted by Crippen LogP contribution is -2.37. The first-order valence-corrected chi connectivity index (χ1v) is 6.86. The van der Waals surface area contributed by atoms with Gasteiger partial charge >= 0.3 is 0 Å². The number of halogens is 2. The van der Waals surface area contributed by atoms with Gasteiger partial charge in [0.2, 0.25) is 0 Å². The van der Waals surface area contributed by atoms with E-state index in [1.54, 1.807) is 0 Å². The van der Waals surface area contributed by atoms with E-state index in [1.807, 2.05) is 0 Å². The molecule has 4 heteroatoms. The Morgan fingerprint density at radius 2 is 1.63 bits per heavy atom. The summed E-state index contributed by atoms with van der Waals surface area (Å²) in [5.74, 6) is -0.941. The van der Waals surface area contributed by atoms with Crippen LogP contribution in [0.5, 0.6) is 0 Å². The van der Waals surface area contributed by atoms with E-state index in [0.717, 1.165) is 37.3 Å². The number of hydrogen-bond donors (Lipinski definition) is 0. The van der Waals surface area contributed by atoms with Crippen LogP contribution in [0.3, 0.4) is 0 Å². The fourth-order valence-corrected chi connectivity index (χ4v) is 3.94. The van der Waals surface area contributed by atoms with E-state index >= 15 is 0 Å². The highest BCUT2D eigenvalue weighted by Gasteiger charge is 2.62. The van der Waals surface area contributed by atoms with Gasteiger partial charge < -0.3 is 9.47 Å². The van der Waals surface area contributed by atoms with Crippen molar-refractivity contribution in [1.29, 1.82) is 0 Å². The first-order chi connectivity index (χ1) is 9.12. The second-order valence-corrected chi connectivity index (χ2v) is 6.03. The summed E-state index contributed by atoms with van der Waals surface area (Å²) < 4.78 is 38.2. The summed E-state index contributed by atoms with van der Waals surface area (Å²) in [5, 5.41) is 0. The Balaban J connectivity index is 1.61. The molecule has 0 N–H and O–H groups in total. The molecule has 1 aromatic rings. The van der Waals surface area contributed by atoms with Crippen LogP contribution in [0.4, 0.5) is 8.78 Å². The third-order valence-corrected chi connectivity index (χ3v) is 4.99. The minimum atomic E-state index is -0.483. The molecule has 0 aromatic heterocycles. The summed E-state index contributed by atoms with van der Waals surface area (Å²) in [4.78, 5) is 0. The molecule has 2 nitrogen and oxygen atoms in total. The monoisotopic (exact) mass is 266 g/mol. The van der Waals surface area contributed by atoms with E-state index in [-0.39, 0.29) is 5.41 Å². The molecule has 1 spiro atoms. The van der Waals surface area contributed by atoms with Crippen LogP contribution in [0.2, 0.25) is 0 Å². The van der Waals surface area contributed by atoms with Crippen molar-refractivity contribution in [2.24, 2.45) is 5.92 Å². The first kappa shape index (κ1) is 11.8. The lowest BCUT2D eigenvalue weighted by molar-refractivity contribution is -0.180. The van der Waals surface area contributed by atoms with Crippen molar-refractivity contribution in [2.75, 3.05) is 13.2 Å². The summed E-state index contributed by atoms with van der Waals surface area (Å²) in [6, 6.07) is 3.90. The number of rotatable bonds is 1. The van der Waals surface area contributed by atoms with Crippen molar-refractivity contribution >= 4 is 0 Å². The van der Waals surface area contributed by atoms with E-state index in [0.29, 0.717) is 19.1 Å². The smallest absolute Gasteiger partial charge is 0.168 e. The van der Waals surface area contributed by atoms with E-state index in [2.05, 4.69) is 0 Å². The first-order valence-electron chi connectivity index (χ1n) is 6.86. The Morgan fingerprint density at radius 1 is 0.947 bits per heavy atom. The second kappa shape index (κ2) is 3.76. The van der Waals surface area contributed by atoms with Crippen LogP contribution in [-0.4, -0.2) is 19.0 Å². The molecule has 1 aromatic carbocycles. The van der Waals surface area contributed by atoms with Crippen LogP contribution >= 0.6 is 0 Å². The summed E-state index contributed by atoms with van der Waals surface area (Å²) in [7, 11) is 0. The molecule has 1 aliphatic heterocycles. The third-order valence-electron chi connectivity index (χ3n) is 4.99. The van der Waals surface area contributed by atoms with E-state index in [4.69, 9.17) is 9.47 Å². The van der Waals surface area contributed by atoms with Gasteiger partial charge in [-0.2, -0.15) is 0 Å². The van der Waals surface area contributed by atoms with Gasteiger partial charge in [-0.1, -0.05) is 0 Å². The van der Waals surface area contributed by atoms with Crippen LogP contribution in [0, 0.1) is 17.6 Å². The molecule has 2 atom stereocenters. The predicted molar refractivity (Wildman–Crippen MR) is 64.6 cm³/mol. The molecule has 1 saturated heterocycles. The van der Waals surface area contributed by atoms with Crippen molar-refractivity contribution in [3.05, 3.63) is 35.4 Å². The molecule has 0 radical (unpaired) electrons. The molecule has 3 fully saturated rings. The highest BCUT2D eigenvalue weighted by Crippen LogP contribution is 2.65. The topological polar surface area (TPSA) is 18.5 Å². The predicted octanol–water partition coefficient (Wildman–Crippen LogP) is 3.15. The Bertz CT molecular complexity index is 505. The van der Waals surface area contributed by atoms with Gasteiger partial charge in [-0.3, -0.25) is 0 Å². The highest BCUT2D eigenvalue weighted by atomic mass is 19.1. The maximum atomic E-state index is 13.4. The normalized spacial score (nSPS) is 35.4. The Labute approximate surface area is 110 Å². The molecule has 0 amide bonds. The summed E-state index contributed by atoms with van der Waals surface area (Å²) >= 11 is 0. The standard InChI is InChI=1S/C15H16F2O2/c16-12-5-10(6-13(17)7-12)14-1-2-15(9-11(14)8-14)18-3-4-19-15/h5-7,11H,1-4,8-9H2. The summed E-state index contributed by atoms with van der Waals surface area (Å²) in [6.07, 6.45) is 3.55. The number of fused-ring (bicyclic) bond motifs is 1. The zero-order chi connectivity index (χ0) is 13.1. The maximum absolute atomic E-state index is 13.4. The zero-order valence-electron chi connectivity index (χ0n) is 10.6. The van der Waals surface area contributed by atoms with Gasteiger partial charge in [-0.25, -0.2) is 8.78 Å². The van der Waals surface area contributed by atoms with Gasteiger partial charge in [0.1, 0.15) is 11.6 Å². The average molecular weight is 266 g/mol. The highest BCUT2D eigenvalue weighted by molar-refractivity contribution is 5.36. The zero-order valence-corrected chi connectivity index (χ0v) is 10.6. The van der Waals surface area contributed by atoms with Gasteiger partial charge in [0.15, 0.2) is 5.79 Å². The van der Waals surface area contributed by atoms with Gasteiger partial charge in [0, 0.05) is 18.9 Å². The average Bonchev–Trinajstić information content (AvgIpc) is 2.91. The van der Waals surface area contributed by atoms with Gasteiger partial charge in [0.25, 0.3) is 0 Å². The van der Waals surface area contributed by atoms with Crippen LogP contribution in [0.1, 0.15) is 31.2 Å². The number of ether oxygens (including phenoxy) is 2. The minimum Gasteiger partial charge on any atom is -0.348 e. The maximum Gasteiger partial charge on any atom is 0.168 e. The lowest BCUT2D eigenvalue weighted by atomic mass is 9.80. The van der Waals surface area contributed by atoms with Gasteiger partial charge in [-0.05, 0) is 41.9 Å². The quantitative estimate of drug-likeness (QED) is 0.777. The minimum absolute atomic E-state index is 0.0382. The molecule has 4 rings (SSSR count). The fraction of sp³-hybridized carbons (Fsp3) is 0.600. The molecular weight excluding hydrogens is 250 g/mol. The van der Waals surface area contributed by atoms with Crippen molar-refractivity contribution in [3.63, 3.8) is 0 Å². The molecule has 2 unspecified atom stereocenters. The molecule has 1 heterocycles. The van der Waals surface area contributed by atoms with Crippen molar-refractivity contribution < 1.29 is 18.3 Å². The van der Waals surface area contributed by atoms with Crippen molar-refractivity contribution in [2.45, 2.75) is 36.9 Å². The molecule has 2 aliphatic carbocycles. The summed E-state index contributed by atoms with van der Waals surface area (Å²) in [6.45, 7) is 1.32. The Kier molecular flexibility index (Phi) is 2.34. The van der Waals surface area contributed by atoms with Crippen molar-refractivity contribution in [1.82, 2.24) is 0 Å². The molecule has 102 valence electrons. The Hall–Kier alpha value is -1.00. The third kappa shape index (κ3) is 1.73. The molecule has 3 aliphatic rings. The molecule has 0 bridgehead atoms. The fourth-order valence-electron chi connectivity index (χ4n) is 3.94.